The van der Waals surface area contributed by atoms with Crippen molar-refractivity contribution in [3.8, 4) is 5.75 Å². The Hall–Kier alpha value is -4.60. The summed E-state index contributed by atoms with van der Waals surface area (Å²) in [6.07, 6.45) is 0. The maximum atomic E-state index is 12.9. The molecule has 186 valence electrons. The molecule has 0 fully saturated rings. The maximum Gasteiger partial charge on any atom is 0.338 e. The molecular formula is C26H25N3O7. The van der Waals surface area contributed by atoms with E-state index in [2.05, 4.69) is 17.2 Å². The number of methoxy groups -OCH3 is 1. The van der Waals surface area contributed by atoms with Gasteiger partial charge in [0.1, 0.15) is 18.9 Å². The van der Waals surface area contributed by atoms with Crippen molar-refractivity contribution in [3.63, 3.8) is 0 Å². The predicted octanol–water partition coefficient (Wildman–Crippen LogP) is 2.54. The number of amides is 3. The van der Waals surface area contributed by atoms with Gasteiger partial charge in [-0.25, -0.2) is 9.59 Å². The van der Waals surface area contributed by atoms with Crippen molar-refractivity contribution in [2.45, 2.75) is 13.0 Å². The van der Waals surface area contributed by atoms with Crippen LogP contribution in [0.15, 0.2) is 66.4 Å². The van der Waals surface area contributed by atoms with Gasteiger partial charge in [0.2, 0.25) is 0 Å². The minimum absolute atomic E-state index is 0.0845. The molecule has 0 aromatic heterocycles. The number of carbonyl (C=O) groups excluding carboxylic acids is 4. The largest absolute Gasteiger partial charge is 0.497 e. The third-order valence-electron chi connectivity index (χ3n) is 5.80. The molecule has 3 amide bonds. The molecule has 0 spiro atoms. The first-order chi connectivity index (χ1) is 17.3. The van der Waals surface area contributed by atoms with Crippen LogP contribution in [0.2, 0.25) is 0 Å². The molecular weight excluding hydrogens is 466 g/mol. The summed E-state index contributed by atoms with van der Waals surface area (Å²) in [5.41, 5.74) is 2.29. The van der Waals surface area contributed by atoms with Gasteiger partial charge >= 0.3 is 18.0 Å². The van der Waals surface area contributed by atoms with Crippen LogP contribution in [0, 0.1) is 0 Å². The summed E-state index contributed by atoms with van der Waals surface area (Å²) in [7, 11) is 1.53. The van der Waals surface area contributed by atoms with E-state index in [0.29, 0.717) is 28.1 Å². The van der Waals surface area contributed by atoms with Crippen LogP contribution in [0.3, 0.4) is 0 Å². The Morgan fingerprint density at radius 3 is 2.36 bits per heavy atom. The van der Waals surface area contributed by atoms with Crippen LogP contribution in [-0.4, -0.2) is 55.6 Å². The van der Waals surface area contributed by atoms with E-state index in [4.69, 9.17) is 14.2 Å². The number of hydrogen-bond donors (Lipinski definition) is 2. The van der Waals surface area contributed by atoms with E-state index in [0.717, 1.165) is 0 Å². The number of rotatable bonds is 8. The first-order valence-electron chi connectivity index (χ1n) is 11.2. The van der Waals surface area contributed by atoms with Crippen molar-refractivity contribution in [3.05, 3.63) is 83.1 Å². The second-order valence-electron chi connectivity index (χ2n) is 7.96. The fourth-order valence-corrected chi connectivity index (χ4v) is 4.06. The van der Waals surface area contributed by atoms with E-state index in [1.165, 1.54) is 12.0 Å². The molecule has 0 aliphatic carbocycles. The third kappa shape index (κ3) is 4.78. The van der Waals surface area contributed by atoms with Crippen LogP contribution < -0.4 is 15.4 Å². The van der Waals surface area contributed by atoms with Crippen molar-refractivity contribution in [1.82, 2.24) is 15.5 Å². The van der Waals surface area contributed by atoms with Gasteiger partial charge in [0.25, 0.3) is 5.91 Å². The number of nitrogens with zero attached hydrogens (tertiary/aromatic N) is 1. The molecule has 36 heavy (non-hydrogen) atoms. The van der Waals surface area contributed by atoms with Crippen LogP contribution in [0.1, 0.15) is 34.5 Å². The Labute approximate surface area is 207 Å². The summed E-state index contributed by atoms with van der Waals surface area (Å²) < 4.78 is 15.7. The zero-order valence-corrected chi connectivity index (χ0v) is 19.8. The van der Waals surface area contributed by atoms with Gasteiger partial charge in [-0.1, -0.05) is 36.9 Å². The average Bonchev–Trinajstić information content (AvgIpc) is 3.12. The SMILES string of the molecule is C=C1c2ccccc2C(=O)N1CC(=O)OCC1=C(C(=O)OCC)[C@@H](c2ccc(OC)cc2)NC(=O)N1. The Morgan fingerprint density at radius 2 is 1.72 bits per heavy atom. The number of urea groups is 1. The molecule has 10 heteroatoms. The molecule has 2 N–H and O–H groups in total. The van der Waals surface area contributed by atoms with E-state index in [1.54, 1.807) is 55.5 Å². The topological polar surface area (TPSA) is 123 Å². The van der Waals surface area contributed by atoms with Gasteiger partial charge in [-0.2, -0.15) is 0 Å². The van der Waals surface area contributed by atoms with Crippen molar-refractivity contribution in [1.29, 1.82) is 0 Å². The minimum atomic E-state index is -0.841. The molecule has 2 heterocycles. The predicted molar refractivity (Wildman–Crippen MR) is 129 cm³/mol. The van der Waals surface area contributed by atoms with Gasteiger partial charge in [-0.15, -0.1) is 0 Å². The van der Waals surface area contributed by atoms with Crippen molar-refractivity contribution < 1.29 is 33.4 Å². The molecule has 10 nitrogen and oxygen atoms in total. The fourth-order valence-electron chi connectivity index (χ4n) is 4.06. The zero-order valence-electron chi connectivity index (χ0n) is 19.8. The lowest BCUT2D eigenvalue weighted by Crippen LogP contribution is -2.47. The Balaban J connectivity index is 1.54. The van der Waals surface area contributed by atoms with Gasteiger partial charge in [0.05, 0.1) is 31.0 Å². The van der Waals surface area contributed by atoms with Crippen LogP contribution in [-0.2, 0) is 19.1 Å². The second-order valence-corrected chi connectivity index (χ2v) is 7.96. The number of benzene rings is 2. The Morgan fingerprint density at radius 1 is 1.03 bits per heavy atom. The Bertz CT molecular complexity index is 1230. The number of nitrogens with one attached hydrogen (secondary N) is 2. The number of ether oxygens (including phenoxy) is 3. The first kappa shape index (κ1) is 24.5. The van der Waals surface area contributed by atoms with E-state index in [1.807, 2.05) is 0 Å². The molecule has 2 aromatic carbocycles. The van der Waals surface area contributed by atoms with Gasteiger partial charge < -0.3 is 24.8 Å². The normalized spacial score (nSPS) is 16.8. The van der Waals surface area contributed by atoms with Crippen LogP contribution >= 0.6 is 0 Å². The van der Waals surface area contributed by atoms with Crippen LogP contribution in [0.25, 0.3) is 5.70 Å². The second kappa shape index (κ2) is 10.3. The van der Waals surface area contributed by atoms with Crippen molar-refractivity contribution >= 4 is 29.6 Å². The highest BCUT2D eigenvalue weighted by Gasteiger charge is 2.35. The highest BCUT2D eigenvalue weighted by Crippen LogP contribution is 2.31. The monoisotopic (exact) mass is 491 g/mol. The molecule has 1 atom stereocenters. The Kier molecular flexibility index (Phi) is 7.05. The van der Waals surface area contributed by atoms with E-state index >= 15 is 0 Å². The molecule has 2 aliphatic heterocycles. The van der Waals surface area contributed by atoms with Crippen LogP contribution in [0.4, 0.5) is 4.79 Å². The number of hydrogen-bond acceptors (Lipinski definition) is 7. The highest BCUT2D eigenvalue weighted by atomic mass is 16.5. The van der Waals surface area contributed by atoms with Crippen molar-refractivity contribution in [2.24, 2.45) is 0 Å². The minimum Gasteiger partial charge on any atom is -0.497 e. The lowest BCUT2D eigenvalue weighted by atomic mass is 9.95. The maximum absolute atomic E-state index is 12.9. The molecule has 0 bridgehead atoms. The number of fused-ring (bicyclic) bond motifs is 1. The molecule has 2 aliphatic rings. The fraction of sp³-hybridized carbons (Fsp3) is 0.231. The van der Waals surface area contributed by atoms with E-state index in [9.17, 15) is 19.2 Å². The molecule has 0 radical (unpaired) electrons. The molecule has 0 unspecified atom stereocenters. The van der Waals surface area contributed by atoms with Gasteiger partial charge in [0.15, 0.2) is 0 Å². The quantitative estimate of drug-likeness (QED) is 0.544. The standard InChI is InChI=1S/C26H25N3O7/c1-4-35-25(32)22-20(27-26(33)28-23(22)16-9-11-17(34-3)12-10-16)14-36-21(30)13-29-15(2)18-7-5-6-8-19(18)24(29)31/h5-12,23H,2,4,13-14H2,1,3H3,(H2,27,28,33)/t23-/m1/s1. The van der Waals surface area contributed by atoms with Gasteiger partial charge in [0, 0.05) is 16.8 Å². The van der Waals surface area contributed by atoms with Gasteiger partial charge in [-0.3, -0.25) is 14.5 Å². The lowest BCUT2D eigenvalue weighted by Gasteiger charge is -2.29. The summed E-state index contributed by atoms with van der Waals surface area (Å²) >= 11 is 0. The van der Waals surface area contributed by atoms with Gasteiger partial charge in [-0.05, 0) is 30.7 Å². The highest BCUT2D eigenvalue weighted by molar-refractivity contribution is 6.10. The summed E-state index contributed by atoms with van der Waals surface area (Å²) in [5.74, 6) is -1.15. The zero-order chi connectivity index (χ0) is 25.8. The van der Waals surface area contributed by atoms with Crippen LogP contribution in [0.5, 0.6) is 5.75 Å². The lowest BCUT2D eigenvalue weighted by molar-refractivity contribution is -0.143. The molecule has 0 saturated carbocycles. The third-order valence-corrected chi connectivity index (χ3v) is 5.80. The number of carbonyl (C=O) groups is 4. The number of esters is 2. The molecule has 0 saturated heterocycles. The van der Waals surface area contributed by atoms with E-state index in [-0.39, 0.29) is 30.3 Å². The smallest absolute Gasteiger partial charge is 0.338 e. The first-order valence-corrected chi connectivity index (χ1v) is 11.2. The summed E-state index contributed by atoms with van der Waals surface area (Å²) in [6, 6.07) is 12.3. The molecule has 4 rings (SSSR count). The molecule has 2 aromatic rings. The van der Waals surface area contributed by atoms with Crippen molar-refractivity contribution in [2.75, 3.05) is 26.9 Å². The van der Waals surface area contributed by atoms with E-state index < -0.39 is 30.6 Å². The average molecular weight is 492 g/mol. The summed E-state index contributed by atoms with van der Waals surface area (Å²) in [5, 5.41) is 5.24. The summed E-state index contributed by atoms with van der Waals surface area (Å²) in [4.78, 5) is 51.8. The summed E-state index contributed by atoms with van der Waals surface area (Å²) in [6.45, 7) is 4.89.